The van der Waals surface area contributed by atoms with Gasteiger partial charge in [0.2, 0.25) is 0 Å². The second kappa shape index (κ2) is 5.00. The highest BCUT2D eigenvalue weighted by Gasteiger charge is 2.28. The Morgan fingerprint density at radius 2 is 1.88 bits per heavy atom. The molecule has 0 aromatic rings. The Balaban J connectivity index is 1.84. The van der Waals surface area contributed by atoms with Crippen LogP contribution in [0.3, 0.4) is 0 Å². The SMILES string of the molecule is NC1CCCC1CNS(=O)(=O)N1CCCC1. The molecule has 6 heteroatoms. The number of hydrogen-bond acceptors (Lipinski definition) is 3. The number of nitrogens with two attached hydrogens (primary N) is 1. The van der Waals surface area contributed by atoms with E-state index >= 15 is 0 Å². The molecule has 1 heterocycles. The van der Waals surface area contributed by atoms with Crippen LogP contribution in [0, 0.1) is 5.92 Å². The van der Waals surface area contributed by atoms with Gasteiger partial charge in [-0.15, -0.1) is 0 Å². The predicted molar refractivity (Wildman–Crippen MR) is 63.0 cm³/mol. The maximum atomic E-state index is 11.9. The quantitative estimate of drug-likeness (QED) is 0.737. The summed E-state index contributed by atoms with van der Waals surface area (Å²) in [7, 11) is -3.24. The minimum Gasteiger partial charge on any atom is -0.327 e. The van der Waals surface area contributed by atoms with Gasteiger partial charge in [-0.1, -0.05) is 6.42 Å². The third-order valence-electron chi connectivity index (χ3n) is 3.65. The van der Waals surface area contributed by atoms with E-state index in [1.807, 2.05) is 0 Å². The second-order valence-electron chi connectivity index (χ2n) is 4.81. The normalized spacial score (nSPS) is 32.3. The lowest BCUT2D eigenvalue weighted by atomic mass is 10.1. The molecule has 94 valence electrons. The van der Waals surface area contributed by atoms with Gasteiger partial charge in [-0.05, 0) is 31.6 Å². The molecule has 0 amide bonds. The summed E-state index contributed by atoms with van der Waals surface area (Å²) in [4.78, 5) is 0. The predicted octanol–water partition coefficient (Wildman–Crippen LogP) is 0.0440. The van der Waals surface area contributed by atoms with E-state index in [1.54, 1.807) is 0 Å². The monoisotopic (exact) mass is 247 g/mol. The fourth-order valence-corrected chi connectivity index (χ4v) is 3.90. The Morgan fingerprint density at radius 3 is 2.44 bits per heavy atom. The molecule has 1 aliphatic carbocycles. The minimum absolute atomic E-state index is 0.168. The fourth-order valence-electron chi connectivity index (χ4n) is 2.55. The Labute approximate surface area is 97.6 Å². The Bertz CT molecular complexity index is 325. The summed E-state index contributed by atoms with van der Waals surface area (Å²) in [6.45, 7) is 1.82. The van der Waals surface area contributed by atoms with Crippen molar-refractivity contribution in [2.45, 2.75) is 38.1 Å². The van der Waals surface area contributed by atoms with Gasteiger partial charge in [0.05, 0.1) is 0 Å². The summed E-state index contributed by atoms with van der Waals surface area (Å²) in [6, 6.07) is 0.168. The third-order valence-corrected chi connectivity index (χ3v) is 5.23. The molecule has 0 aromatic heterocycles. The van der Waals surface area contributed by atoms with Crippen LogP contribution in [0.15, 0.2) is 0 Å². The zero-order chi connectivity index (χ0) is 11.6. The molecule has 2 atom stereocenters. The minimum atomic E-state index is -3.24. The summed E-state index contributed by atoms with van der Waals surface area (Å²) in [5.41, 5.74) is 5.91. The molecule has 2 fully saturated rings. The number of rotatable bonds is 4. The van der Waals surface area contributed by atoms with Gasteiger partial charge < -0.3 is 5.73 Å². The summed E-state index contributed by atoms with van der Waals surface area (Å²) in [5.74, 6) is 0.317. The molecular weight excluding hydrogens is 226 g/mol. The molecular formula is C10H21N3O2S. The maximum absolute atomic E-state index is 11.9. The van der Waals surface area contributed by atoms with E-state index in [4.69, 9.17) is 5.73 Å². The van der Waals surface area contributed by atoms with Crippen molar-refractivity contribution in [3.05, 3.63) is 0 Å². The first kappa shape index (κ1) is 12.3. The van der Waals surface area contributed by atoms with Gasteiger partial charge in [0, 0.05) is 25.7 Å². The second-order valence-corrected chi connectivity index (χ2v) is 6.57. The van der Waals surface area contributed by atoms with E-state index in [0.29, 0.717) is 25.6 Å². The first-order valence-corrected chi connectivity index (χ1v) is 7.54. The van der Waals surface area contributed by atoms with E-state index in [9.17, 15) is 8.42 Å². The van der Waals surface area contributed by atoms with Crippen molar-refractivity contribution < 1.29 is 8.42 Å². The first-order chi connectivity index (χ1) is 7.59. The average molecular weight is 247 g/mol. The van der Waals surface area contributed by atoms with Gasteiger partial charge in [0.25, 0.3) is 10.2 Å². The van der Waals surface area contributed by atoms with Crippen LogP contribution in [-0.4, -0.2) is 38.4 Å². The molecule has 16 heavy (non-hydrogen) atoms. The number of nitrogens with zero attached hydrogens (tertiary/aromatic N) is 1. The van der Waals surface area contributed by atoms with Crippen molar-refractivity contribution in [1.82, 2.24) is 9.03 Å². The topological polar surface area (TPSA) is 75.4 Å². The van der Waals surface area contributed by atoms with Gasteiger partial charge in [-0.3, -0.25) is 0 Å². The van der Waals surface area contributed by atoms with Crippen LogP contribution >= 0.6 is 0 Å². The zero-order valence-electron chi connectivity index (χ0n) is 9.56. The molecule has 1 aliphatic heterocycles. The van der Waals surface area contributed by atoms with Crippen molar-refractivity contribution in [3.63, 3.8) is 0 Å². The summed E-state index contributed by atoms with van der Waals surface area (Å²) in [6.07, 6.45) is 5.14. The average Bonchev–Trinajstić information content (AvgIpc) is 2.85. The lowest BCUT2D eigenvalue weighted by molar-refractivity contribution is 0.435. The lowest BCUT2D eigenvalue weighted by Crippen LogP contribution is -2.43. The van der Waals surface area contributed by atoms with Gasteiger partial charge in [0.15, 0.2) is 0 Å². The molecule has 2 unspecified atom stereocenters. The van der Waals surface area contributed by atoms with E-state index in [-0.39, 0.29) is 6.04 Å². The molecule has 2 aliphatic rings. The highest BCUT2D eigenvalue weighted by Crippen LogP contribution is 2.23. The van der Waals surface area contributed by atoms with Gasteiger partial charge in [0.1, 0.15) is 0 Å². The Hall–Kier alpha value is -0.170. The number of hydrogen-bond donors (Lipinski definition) is 2. The van der Waals surface area contributed by atoms with Crippen LogP contribution in [0.25, 0.3) is 0 Å². The van der Waals surface area contributed by atoms with Crippen molar-refractivity contribution >= 4 is 10.2 Å². The van der Waals surface area contributed by atoms with Crippen LogP contribution in [0.4, 0.5) is 0 Å². The van der Waals surface area contributed by atoms with Crippen LogP contribution in [0.5, 0.6) is 0 Å². The van der Waals surface area contributed by atoms with Crippen LogP contribution in [0.2, 0.25) is 0 Å². The summed E-state index contributed by atoms with van der Waals surface area (Å²) in [5, 5.41) is 0. The fraction of sp³-hybridized carbons (Fsp3) is 1.00. The lowest BCUT2D eigenvalue weighted by Gasteiger charge is -2.20. The zero-order valence-corrected chi connectivity index (χ0v) is 10.4. The van der Waals surface area contributed by atoms with Crippen molar-refractivity contribution in [2.75, 3.05) is 19.6 Å². The molecule has 0 bridgehead atoms. The Morgan fingerprint density at radius 1 is 1.19 bits per heavy atom. The largest absolute Gasteiger partial charge is 0.327 e. The van der Waals surface area contributed by atoms with Gasteiger partial charge in [-0.25, -0.2) is 4.72 Å². The van der Waals surface area contributed by atoms with Crippen molar-refractivity contribution in [2.24, 2.45) is 11.7 Å². The molecule has 2 rings (SSSR count). The van der Waals surface area contributed by atoms with E-state index in [1.165, 1.54) is 4.31 Å². The molecule has 1 saturated carbocycles. The maximum Gasteiger partial charge on any atom is 0.279 e. The number of nitrogens with one attached hydrogen (secondary N) is 1. The highest BCUT2D eigenvalue weighted by molar-refractivity contribution is 7.87. The van der Waals surface area contributed by atoms with E-state index < -0.39 is 10.2 Å². The molecule has 1 saturated heterocycles. The van der Waals surface area contributed by atoms with Crippen LogP contribution in [0.1, 0.15) is 32.1 Å². The standard InChI is InChI=1S/C10H21N3O2S/c11-10-5-3-4-9(10)8-12-16(14,15)13-6-1-2-7-13/h9-10,12H,1-8,11H2. The molecule has 0 aromatic carbocycles. The smallest absolute Gasteiger partial charge is 0.279 e. The van der Waals surface area contributed by atoms with Crippen molar-refractivity contribution in [3.8, 4) is 0 Å². The van der Waals surface area contributed by atoms with E-state index in [0.717, 1.165) is 32.1 Å². The van der Waals surface area contributed by atoms with Crippen LogP contribution < -0.4 is 10.5 Å². The first-order valence-electron chi connectivity index (χ1n) is 6.10. The van der Waals surface area contributed by atoms with Gasteiger partial charge in [-0.2, -0.15) is 12.7 Å². The molecule has 0 spiro atoms. The third kappa shape index (κ3) is 2.74. The Kier molecular flexibility index (Phi) is 3.84. The summed E-state index contributed by atoms with van der Waals surface area (Å²) < 4.78 is 28.0. The van der Waals surface area contributed by atoms with Crippen molar-refractivity contribution in [1.29, 1.82) is 0 Å². The molecule has 0 radical (unpaired) electrons. The van der Waals surface area contributed by atoms with Crippen LogP contribution in [-0.2, 0) is 10.2 Å². The highest BCUT2D eigenvalue weighted by atomic mass is 32.2. The van der Waals surface area contributed by atoms with E-state index in [2.05, 4.69) is 4.72 Å². The van der Waals surface area contributed by atoms with Gasteiger partial charge >= 0.3 is 0 Å². The summed E-state index contributed by atoms with van der Waals surface area (Å²) >= 11 is 0. The molecule has 3 N–H and O–H groups in total. The molecule has 5 nitrogen and oxygen atoms in total.